The number of carbonyl (C=O) groups excluding carboxylic acids is 1. The summed E-state index contributed by atoms with van der Waals surface area (Å²) in [5.41, 5.74) is 3.43. The van der Waals surface area contributed by atoms with Gasteiger partial charge in [0.15, 0.2) is 0 Å². The molecule has 144 valence electrons. The van der Waals surface area contributed by atoms with E-state index in [1.54, 1.807) is 7.11 Å². The lowest BCUT2D eigenvalue weighted by atomic mass is 9.79. The number of benzene rings is 1. The van der Waals surface area contributed by atoms with Gasteiger partial charge in [-0.2, -0.15) is 0 Å². The summed E-state index contributed by atoms with van der Waals surface area (Å²) in [6.07, 6.45) is 2.07. The average molecular weight is 392 g/mol. The summed E-state index contributed by atoms with van der Waals surface area (Å²) in [4.78, 5) is 12.2. The summed E-state index contributed by atoms with van der Waals surface area (Å²) < 4.78 is 5.38. The lowest BCUT2D eigenvalue weighted by molar-refractivity contribution is -0.120. The Hall–Kier alpha value is -1.01. The molecular formula is C18H31Cl2N3O2. The topological polar surface area (TPSA) is 62.4 Å². The fourth-order valence-corrected chi connectivity index (χ4v) is 3.25. The van der Waals surface area contributed by atoms with E-state index in [9.17, 15) is 4.79 Å². The Morgan fingerprint density at radius 3 is 2.36 bits per heavy atom. The van der Waals surface area contributed by atoms with E-state index in [1.165, 1.54) is 0 Å². The van der Waals surface area contributed by atoms with Gasteiger partial charge in [-0.25, -0.2) is 0 Å². The molecule has 1 aromatic carbocycles. The van der Waals surface area contributed by atoms with Gasteiger partial charge in [0, 0.05) is 24.8 Å². The smallest absolute Gasteiger partial charge is 0.239 e. The summed E-state index contributed by atoms with van der Waals surface area (Å²) in [6.45, 7) is 7.74. The van der Waals surface area contributed by atoms with Crippen LogP contribution in [0.15, 0.2) is 18.2 Å². The molecule has 0 unspecified atom stereocenters. The van der Waals surface area contributed by atoms with Gasteiger partial charge < -0.3 is 20.7 Å². The number of methoxy groups -OCH3 is 1. The van der Waals surface area contributed by atoms with Gasteiger partial charge in [-0.3, -0.25) is 4.79 Å². The molecule has 25 heavy (non-hydrogen) atoms. The molecule has 5 nitrogen and oxygen atoms in total. The van der Waals surface area contributed by atoms with Gasteiger partial charge in [0.2, 0.25) is 5.91 Å². The van der Waals surface area contributed by atoms with Crippen LogP contribution in [-0.4, -0.2) is 45.8 Å². The zero-order valence-corrected chi connectivity index (χ0v) is 16.9. The van der Waals surface area contributed by atoms with Gasteiger partial charge in [0.05, 0.1) is 13.2 Å². The molecule has 0 atom stereocenters. The van der Waals surface area contributed by atoms with Crippen LogP contribution < -0.4 is 16.0 Å². The molecule has 0 aromatic heterocycles. The van der Waals surface area contributed by atoms with Crippen molar-refractivity contribution in [1.29, 1.82) is 0 Å². The predicted octanol–water partition coefficient (Wildman–Crippen LogP) is 2.69. The molecule has 0 aliphatic carbocycles. The summed E-state index contributed by atoms with van der Waals surface area (Å²) in [7, 11) is 1.73. The van der Waals surface area contributed by atoms with Crippen molar-refractivity contribution in [3.8, 4) is 0 Å². The normalized spacial score (nSPS) is 15.5. The number of aryl methyl sites for hydroxylation is 2. The van der Waals surface area contributed by atoms with Crippen molar-refractivity contribution >= 4 is 36.4 Å². The van der Waals surface area contributed by atoms with Crippen molar-refractivity contribution in [2.75, 3.05) is 45.2 Å². The molecule has 1 saturated heterocycles. The minimum Gasteiger partial charge on any atom is -0.384 e. The van der Waals surface area contributed by atoms with E-state index in [0.29, 0.717) is 19.7 Å². The number of nitrogens with one attached hydrogen (secondary N) is 3. The molecule has 1 aromatic rings. The molecule has 0 spiro atoms. The molecule has 7 heteroatoms. The zero-order valence-electron chi connectivity index (χ0n) is 15.3. The van der Waals surface area contributed by atoms with Crippen LogP contribution in [-0.2, 0) is 9.53 Å². The van der Waals surface area contributed by atoms with Crippen molar-refractivity contribution in [1.82, 2.24) is 10.6 Å². The Morgan fingerprint density at radius 2 is 1.80 bits per heavy atom. The van der Waals surface area contributed by atoms with Crippen molar-refractivity contribution in [3.63, 3.8) is 0 Å². The highest BCUT2D eigenvalue weighted by atomic mass is 35.5. The van der Waals surface area contributed by atoms with Crippen LogP contribution in [0.5, 0.6) is 0 Å². The predicted molar refractivity (Wildman–Crippen MR) is 108 cm³/mol. The minimum absolute atomic E-state index is 0. The van der Waals surface area contributed by atoms with E-state index in [4.69, 9.17) is 4.74 Å². The Bertz CT molecular complexity index is 509. The first-order valence-corrected chi connectivity index (χ1v) is 8.33. The van der Waals surface area contributed by atoms with Crippen molar-refractivity contribution < 1.29 is 9.53 Å². The van der Waals surface area contributed by atoms with E-state index in [2.05, 4.69) is 41.9 Å². The maximum Gasteiger partial charge on any atom is 0.239 e. The third kappa shape index (κ3) is 7.02. The van der Waals surface area contributed by atoms with Crippen LogP contribution in [0.2, 0.25) is 0 Å². The number of piperidine rings is 1. The number of hydrogen-bond donors (Lipinski definition) is 3. The second-order valence-corrected chi connectivity index (χ2v) is 6.58. The van der Waals surface area contributed by atoms with Gasteiger partial charge in [-0.15, -0.1) is 24.8 Å². The Balaban J connectivity index is 0.00000288. The van der Waals surface area contributed by atoms with Crippen molar-refractivity contribution in [2.24, 2.45) is 5.41 Å². The van der Waals surface area contributed by atoms with Gasteiger partial charge in [-0.1, -0.05) is 18.2 Å². The van der Waals surface area contributed by atoms with Gasteiger partial charge in [0.25, 0.3) is 0 Å². The van der Waals surface area contributed by atoms with Crippen LogP contribution in [0.3, 0.4) is 0 Å². The van der Waals surface area contributed by atoms with Crippen molar-refractivity contribution in [3.05, 3.63) is 29.3 Å². The van der Waals surface area contributed by atoms with E-state index >= 15 is 0 Å². The molecule has 1 aliphatic rings. The summed E-state index contributed by atoms with van der Waals surface area (Å²) in [6, 6.07) is 6.13. The molecule has 1 amide bonds. The molecule has 0 bridgehead atoms. The molecule has 1 heterocycles. The quantitative estimate of drug-likeness (QED) is 0.668. The fraction of sp³-hybridized carbons (Fsp3) is 0.611. The van der Waals surface area contributed by atoms with Crippen LogP contribution in [0.1, 0.15) is 24.0 Å². The first-order valence-electron chi connectivity index (χ1n) is 8.33. The maximum atomic E-state index is 12.2. The standard InChI is InChI=1S/C18H29N3O2.2ClH/c1-14-5-4-6-15(2)17(14)20-11-16(22)21-12-18(13-23-3)7-9-19-10-8-18;;/h4-6,19-20H,7-13H2,1-3H3,(H,21,22);2*1H. The Kier molecular flexibility index (Phi) is 11.1. The van der Waals surface area contributed by atoms with Crippen molar-refractivity contribution in [2.45, 2.75) is 26.7 Å². The first kappa shape index (κ1) is 24.0. The number of hydrogen-bond acceptors (Lipinski definition) is 4. The molecule has 2 rings (SSSR count). The number of amides is 1. The molecule has 0 saturated carbocycles. The number of rotatable bonds is 7. The van der Waals surface area contributed by atoms with Gasteiger partial charge in [-0.05, 0) is 50.9 Å². The summed E-state index contributed by atoms with van der Waals surface area (Å²) in [5, 5.41) is 9.70. The Labute approximate surface area is 163 Å². The zero-order chi connectivity index (χ0) is 16.7. The van der Waals surface area contributed by atoms with Crippen LogP contribution in [0.25, 0.3) is 0 Å². The molecule has 1 aliphatic heterocycles. The van der Waals surface area contributed by atoms with Gasteiger partial charge in [0.1, 0.15) is 0 Å². The van der Waals surface area contributed by atoms with E-state index in [1.807, 2.05) is 6.07 Å². The molecule has 1 fully saturated rings. The highest BCUT2D eigenvalue weighted by Gasteiger charge is 2.32. The third-order valence-electron chi connectivity index (χ3n) is 4.68. The highest BCUT2D eigenvalue weighted by molar-refractivity contribution is 5.85. The Morgan fingerprint density at radius 1 is 1.20 bits per heavy atom. The second kappa shape index (κ2) is 11.6. The van der Waals surface area contributed by atoms with E-state index in [0.717, 1.165) is 42.7 Å². The van der Waals surface area contributed by atoms with E-state index < -0.39 is 0 Å². The lowest BCUT2D eigenvalue weighted by Crippen LogP contribution is -2.48. The average Bonchev–Trinajstić information content (AvgIpc) is 2.54. The summed E-state index contributed by atoms with van der Waals surface area (Å²) in [5.74, 6) is 0.0293. The van der Waals surface area contributed by atoms with Crippen LogP contribution in [0, 0.1) is 19.3 Å². The third-order valence-corrected chi connectivity index (χ3v) is 4.68. The second-order valence-electron chi connectivity index (χ2n) is 6.58. The monoisotopic (exact) mass is 391 g/mol. The largest absolute Gasteiger partial charge is 0.384 e. The number of carbonyl (C=O) groups is 1. The first-order chi connectivity index (χ1) is 11.1. The number of ether oxygens (including phenoxy) is 1. The number of anilines is 1. The lowest BCUT2D eigenvalue weighted by Gasteiger charge is -2.37. The maximum absolute atomic E-state index is 12.2. The van der Waals surface area contributed by atoms with Gasteiger partial charge >= 0.3 is 0 Å². The van der Waals surface area contributed by atoms with E-state index in [-0.39, 0.29) is 36.1 Å². The SMILES string of the molecule is COCC1(CNC(=O)CNc2c(C)cccc2C)CCNCC1.Cl.Cl. The number of halogens is 2. The highest BCUT2D eigenvalue weighted by Crippen LogP contribution is 2.28. The van der Waals surface area contributed by atoms with Crippen LogP contribution >= 0.6 is 24.8 Å². The summed E-state index contributed by atoms with van der Waals surface area (Å²) >= 11 is 0. The molecule has 0 radical (unpaired) electrons. The molecule has 3 N–H and O–H groups in total. The fourth-order valence-electron chi connectivity index (χ4n) is 3.25. The number of para-hydroxylation sites is 1. The minimum atomic E-state index is 0. The molecular weight excluding hydrogens is 361 g/mol. The van der Waals surface area contributed by atoms with Crippen LogP contribution in [0.4, 0.5) is 5.69 Å².